The Morgan fingerprint density at radius 3 is 1.42 bits per heavy atom. The molecule has 0 aliphatic carbocycles. The highest BCUT2D eigenvalue weighted by Crippen LogP contribution is 2.48. The average Bonchev–Trinajstić information content (AvgIpc) is 0.691. The van der Waals surface area contributed by atoms with Gasteiger partial charge in [-0.25, -0.2) is 9.84 Å². The molecule has 12 N–H and O–H groups in total. The lowest BCUT2D eigenvalue weighted by Crippen LogP contribution is -3.01. The van der Waals surface area contributed by atoms with Crippen LogP contribution in [0.2, 0.25) is 0 Å². The van der Waals surface area contributed by atoms with Crippen molar-refractivity contribution in [2.24, 2.45) is 0 Å². The Kier molecular flexibility index (Phi) is 26.5. The van der Waals surface area contributed by atoms with Crippen molar-refractivity contribution in [2.45, 2.75) is 184 Å². The highest BCUT2D eigenvalue weighted by Gasteiger charge is 2.72. The van der Waals surface area contributed by atoms with Crippen molar-refractivity contribution >= 4 is 65.2 Å². The fourth-order valence-electron chi connectivity index (χ4n) is 13.4. The maximum atomic E-state index is 11.5. The molecule has 100 heavy (non-hydrogen) atoms. The van der Waals surface area contributed by atoms with Crippen LogP contribution in [-0.2, 0) is 51.9 Å². The number of phosphoric ester groups is 1. The van der Waals surface area contributed by atoms with Crippen LogP contribution in [0.5, 0.6) is 0 Å². The molecule has 18 saturated heterocycles. The first-order valence-corrected chi connectivity index (χ1v) is 31.4. The largest absolute Gasteiger partial charge is 0.790 e. The highest BCUT2D eigenvalue weighted by atomic mass is 31.2. The third-order valence-electron chi connectivity index (χ3n) is 18.2. The predicted molar refractivity (Wildman–Crippen MR) is 343 cm³/mol. The van der Waals surface area contributed by atoms with Crippen LogP contribution in [0.1, 0.15) is 74.3 Å². The quantitative estimate of drug-likeness (QED) is 0.0793. The fourth-order valence-corrected chi connectivity index (χ4v) is 14.2. The number of hydrogen-bond acceptors (Lipinski definition) is 51. The number of rotatable bonds is 8. The average molecular weight is 1480 g/mol. The monoisotopic (exact) mass is 1480 g/mol. The zero-order valence-electron chi connectivity index (χ0n) is 47.6. The second-order valence-corrected chi connectivity index (χ2v) is 26.0. The van der Waals surface area contributed by atoms with Crippen molar-refractivity contribution in [1.29, 1.82) is 0 Å². The molecule has 570 valence electrons. The lowest BCUT2D eigenvalue weighted by atomic mass is 9.26. The van der Waals surface area contributed by atoms with Crippen molar-refractivity contribution in [2.75, 3.05) is 81.3 Å². The van der Waals surface area contributed by atoms with Gasteiger partial charge in [-0.15, -0.1) is 83.1 Å². The molecule has 6 radical (unpaired) electrons. The topological polar surface area (TPSA) is 450 Å². The molecular formula is C41H100B6N30O21P2-2. The molecule has 0 aromatic rings. The fraction of sp³-hybridized carbons (Fsp3) is 0.976. The third kappa shape index (κ3) is 12.9. The van der Waals surface area contributed by atoms with E-state index in [9.17, 15) is 54.8 Å². The van der Waals surface area contributed by atoms with Gasteiger partial charge in [0, 0.05) is 48.9 Å². The van der Waals surface area contributed by atoms with Crippen molar-refractivity contribution < 1.29 is 102 Å². The van der Waals surface area contributed by atoms with E-state index in [1.54, 1.807) is 37.8 Å². The van der Waals surface area contributed by atoms with Crippen LogP contribution in [0, 0.1) is 0 Å². The number of hydrogen-bond donors (Lipinski definition) is 12. The molecule has 18 aliphatic heterocycles. The number of aliphatic hydroxyl groups is 6. The smallest absolute Gasteiger partial charge is 0.273 e. The van der Waals surface area contributed by atoms with Gasteiger partial charge >= 0.3 is 0 Å². The third-order valence-corrected chi connectivity index (χ3v) is 19.2. The summed E-state index contributed by atoms with van der Waals surface area (Å²) in [6, 6.07) is -6.22. The summed E-state index contributed by atoms with van der Waals surface area (Å²) in [5.41, 5.74) is 11.3. The summed E-state index contributed by atoms with van der Waals surface area (Å²) in [7, 11) is 15.3. The van der Waals surface area contributed by atoms with E-state index in [4.69, 9.17) is 58.3 Å². The number of nitrogens with one attached hydrogen (secondary N) is 4. The summed E-state index contributed by atoms with van der Waals surface area (Å²) in [6.45, 7) is -2.18. The molecule has 18 aliphatic rings. The van der Waals surface area contributed by atoms with E-state index in [1.165, 1.54) is 33.6 Å². The van der Waals surface area contributed by atoms with Crippen molar-refractivity contribution in [3.05, 3.63) is 0 Å². The number of ether oxygens (including phenoxy) is 4. The van der Waals surface area contributed by atoms with Crippen LogP contribution >= 0.6 is 15.4 Å². The second kappa shape index (κ2) is 30.8. The summed E-state index contributed by atoms with van der Waals surface area (Å²) in [6.07, 6.45) is -10.5. The minimum Gasteiger partial charge on any atom is -0.790 e. The van der Waals surface area contributed by atoms with Crippen molar-refractivity contribution in [1.82, 2.24) is 156 Å². The van der Waals surface area contributed by atoms with Gasteiger partial charge in [-0.2, -0.15) is 5.53 Å². The molecule has 18 fully saturated rings. The minimum absolute atomic E-state index is 0. The Bertz CT molecular complexity index is 2900. The second-order valence-electron chi connectivity index (χ2n) is 23.3. The van der Waals surface area contributed by atoms with Gasteiger partial charge in [0.25, 0.3) is 14.8 Å². The Hall–Kier alpha value is -1.08. The molecule has 18 heterocycles. The van der Waals surface area contributed by atoms with Crippen molar-refractivity contribution in [3.63, 3.8) is 0 Å². The maximum Gasteiger partial charge on any atom is 0.273 e. The first-order chi connectivity index (χ1) is 42.8. The van der Waals surface area contributed by atoms with Gasteiger partial charge < -0.3 is 82.8 Å². The number of hydrazine groups is 32. The minimum atomic E-state index is -5.35. The molecule has 0 saturated carbocycles. The SMILES string of the molecule is C.C.C.C.C.C.C.C.C.C.[B]B1C2OC(COP(=C)(O)O)C(ON3N4CN5N(CN4N3[C@@H]1N1[B]C3OC(CON4NNN41)C(O)C3O)N1N(C)N(C)N51)C2O.[B]B1C2OC(COP(=O)([O-])[O-])C(ON3NNN3[C@H]1N1[B]C3OC(CON4N5CN6N(CN5N14)N1N(C)N(C)N61)C(O)C3O)C2O. The summed E-state index contributed by atoms with van der Waals surface area (Å²) in [5.74, 6) is 0. The maximum absolute atomic E-state index is 11.5. The molecule has 0 aromatic heterocycles. The van der Waals surface area contributed by atoms with Crippen molar-refractivity contribution in [3.8, 4) is 0 Å². The van der Waals surface area contributed by atoms with E-state index in [0.29, 0.717) is 13.3 Å². The molecule has 59 heteroatoms. The van der Waals surface area contributed by atoms with Gasteiger partial charge in [0.15, 0.2) is 13.2 Å². The van der Waals surface area contributed by atoms with E-state index in [1.807, 2.05) is 100 Å². The summed E-state index contributed by atoms with van der Waals surface area (Å²) in [5, 5.41) is 107. The Balaban J connectivity index is 0.000000255. The zero-order chi connectivity index (χ0) is 62.5. The van der Waals surface area contributed by atoms with E-state index in [0.717, 1.165) is 5.28 Å². The highest BCUT2D eigenvalue weighted by molar-refractivity contribution is 7.57. The lowest BCUT2D eigenvalue weighted by molar-refractivity contribution is -0.783. The number of phosphoric acid groups is 1. The van der Waals surface area contributed by atoms with E-state index < -0.39 is 145 Å². The number of aliphatic hydroxyl groups excluding tert-OH is 6. The molecule has 8 bridgehead atoms. The Morgan fingerprint density at radius 2 is 0.950 bits per heavy atom. The van der Waals surface area contributed by atoms with Crippen LogP contribution in [0.3, 0.4) is 0 Å². The van der Waals surface area contributed by atoms with Gasteiger partial charge in [0.1, 0.15) is 113 Å². The Morgan fingerprint density at radius 1 is 0.520 bits per heavy atom. The van der Waals surface area contributed by atoms with Crippen LogP contribution < -0.4 is 31.9 Å². The van der Waals surface area contributed by atoms with Gasteiger partial charge in [0.05, 0.1) is 57.2 Å². The van der Waals surface area contributed by atoms with Crippen LogP contribution in [0.4, 0.5) is 0 Å². The Labute approximate surface area is 586 Å². The summed E-state index contributed by atoms with van der Waals surface area (Å²) >= 11 is 0. The number of nitrogens with zero attached hydrogens (tertiary/aromatic N) is 26. The van der Waals surface area contributed by atoms with Crippen LogP contribution in [-0.4, -0.2) is 415 Å². The van der Waals surface area contributed by atoms with Gasteiger partial charge in [-0.1, -0.05) is 89.8 Å². The lowest BCUT2D eigenvalue weighted by Gasteiger charge is -2.77. The van der Waals surface area contributed by atoms with E-state index in [-0.39, 0.29) is 107 Å². The van der Waals surface area contributed by atoms with E-state index >= 15 is 0 Å². The molecule has 0 spiro atoms. The molecule has 51 nitrogen and oxygen atoms in total. The van der Waals surface area contributed by atoms with E-state index in [2.05, 4.69) is 33.0 Å². The van der Waals surface area contributed by atoms with Gasteiger partial charge in [-0.05, 0) is 43.1 Å². The first kappa shape index (κ1) is 86.2. The van der Waals surface area contributed by atoms with Gasteiger partial charge in [0.2, 0.25) is 7.57 Å². The molecular weight excluding hydrogens is 1380 g/mol. The molecule has 18 atom stereocenters. The first-order valence-electron chi connectivity index (χ1n) is 28.2. The predicted octanol–water partition coefficient (Wildman–Crippen LogP) is -12.6. The molecule has 16 unspecified atom stereocenters. The number of fused-ring (bicyclic) bond motifs is 26. The normalized spacial score (nSPS) is 40.8. The molecule has 0 amide bonds. The zero-order valence-corrected chi connectivity index (χ0v) is 49.4. The summed E-state index contributed by atoms with van der Waals surface area (Å²) in [4.78, 5) is 69.3. The van der Waals surface area contributed by atoms with Gasteiger partial charge in [-0.3, -0.25) is 19.4 Å². The summed E-state index contributed by atoms with van der Waals surface area (Å²) < 4.78 is 44.9. The van der Waals surface area contributed by atoms with Crippen LogP contribution in [0.25, 0.3) is 0 Å². The molecule has 0 aromatic carbocycles. The molecule has 18 rings (SSSR count). The standard InChI is InChI=1S/C16H32B3N15O10P.C15H30B3N15O11P.10CH4/c1-22-23(2)33-26-7-27-24(6-25(26)32(22)33)29-16(28-18-14-11(36)10(35)8(42-14)4-40-31-21-20-30(28)31)19(17)15-12(37)13(44-34(27)29)9(43-15)5-41-45(3,38)39;1-21-22(2)31-24-6-26-25(5-23(24)30(21)31)32-27(17-13-10(35)9(34)7(42-13)3-40-33(26)32)15-18(16)14-11(36)12(44-29-20-19-28(15)29)8(43-14)4-41-45(37,38)39;;;;;;;;;;/h8-16,20-21,35-39H,3-7H2,1-2H3;7-15,19-20,34-36H,3-6H2,1-2H3,(H2,37,38,39);10*1H4/p-2/t8?,9?,10?,11?,12?,13?,14?,15?,16-;7?,8?,9?,10?,11?,12?,13?,14?,15-;;;;;;;;;;/m01........../s1. The van der Waals surface area contributed by atoms with Crippen LogP contribution in [0.15, 0.2) is 0 Å².